The lowest BCUT2D eigenvalue weighted by Crippen LogP contribution is -2.51. The van der Waals surface area contributed by atoms with Crippen LogP contribution < -0.4 is 5.32 Å². The van der Waals surface area contributed by atoms with E-state index < -0.39 is 12.1 Å². The van der Waals surface area contributed by atoms with Crippen molar-refractivity contribution in [2.75, 3.05) is 34.3 Å². The summed E-state index contributed by atoms with van der Waals surface area (Å²) < 4.78 is 4.78. The Kier molecular flexibility index (Phi) is 10.7. The minimum atomic E-state index is -0.675. The molecule has 8 rings (SSSR count). The van der Waals surface area contributed by atoms with Gasteiger partial charge in [0.05, 0.1) is 43.0 Å². The van der Waals surface area contributed by atoms with Crippen LogP contribution in [0.25, 0.3) is 33.6 Å². The zero-order chi connectivity index (χ0) is 39.8. The number of ether oxygens (including phenoxy) is 1. The van der Waals surface area contributed by atoms with Gasteiger partial charge in [-0.15, -0.1) is 0 Å². The number of rotatable bonds is 10. The van der Waals surface area contributed by atoms with Gasteiger partial charge in [0, 0.05) is 13.1 Å². The monoisotopic (exact) mass is 768 g/mol. The number of likely N-dealkylation sites (N-methyl/N-ethyl adjacent to an activating group) is 1. The first-order valence-electron chi connectivity index (χ1n) is 20.1. The quantitative estimate of drug-likeness (QED) is 0.136. The van der Waals surface area contributed by atoms with Gasteiger partial charge in [0.25, 0.3) is 0 Å². The Balaban J connectivity index is 0.972. The molecule has 12 heteroatoms. The SMILES string of the molecule is COC(=O)NC(C(=O)N1CCC[C@H]1c1ncc(-c2ccc3c(c2)CCc2cc(-c4cnc([C@@H]5CCCN5C(=O)C(c5ccccc5)N(C)C)[nH]4)ccc2-3)[nH]1)C(C)C. The van der Waals surface area contributed by atoms with Crippen LogP contribution in [-0.4, -0.2) is 92.9 Å². The van der Waals surface area contributed by atoms with E-state index in [9.17, 15) is 14.4 Å². The Labute approximate surface area is 334 Å². The number of nitrogens with zero attached hydrogens (tertiary/aromatic N) is 5. The molecule has 2 unspecified atom stereocenters. The number of imidazole rings is 2. The number of hydrogen-bond acceptors (Lipinski definition) is 7. The summed E-state index contributed by atoms with van der Waals surface area (Å²) in [5.41, 5.74) is 10.1. The largest absolute Gasteiger partial charge is 0.453 e. The van der Waals surface area contributed by atoms with E-state index in [1.165, 1.54) is 29.4 Å². The number of aryl methyl sites for hydroxylation is 2. The van der Waals surface area contributed by atoms with E-state index in [4.69, 9.17) is 14.7 Å². The van der Waals surface area contributed by atoms with Gasteiger partial charge in [-0.25, -0.2) is 14.8 Å². The second-order valence-corrected chi connectivity index (χ2v) is 16.1. The van der Waals surface area contributed by atoms with Crippen LogP contribution in [0.15, 0.2) is 79.1 Å². The van der Waals surface area contributed by atoms with Gasteiger partial charge >= 0.3 is 6.09 Å². The van der Waals surface area contributed by atoms with Crippen molar-refractivity contribution in [3.8, 4) is 33.6 Å². The zero-order valence-corrected chi connectivity index (χ0v) is 33.4. The van der Waals surface area contributed by atoms with Crippen LogP contribution in [0.1, 0.15) is 86.0 Å². The maximum Gasteiger partial charge on any atom is 0.407 e. The molecule has 4 heterocycles. The Hall–Kier alpha value is -5.75. The minimum Gasteiger partial charge on any atom is -0.453 e. The van der Waals surface area contributed by atoms with Crippen LogP contribution >= 0.6 is 0 Å². The highest BCUT2D eigenvalue weighted by atomic mass is 16.5. The standard InChI is InChI=1S/C45H52N8O4/c1-27(2)39(50-45(56)57-5)43(54)52-21-9-13-37(52)41-46-25-35(48-41)31-17-19-33-29(23-31)15-16-30-24-32(18-20-34(30)33)36-26-47-42(49-36)38-14-10-22-53(38)44(55)40(51(3)4)28-11-7-6-8-12-28/h6-8,11-12,17-20,23-27,37-40H,9-10,13-16,21-22H2,1-5H3,(H,46,48)(H,47,49)(H,50,56)/t37-,38-,39?,40?/m0/s1. The summed E-state index contributed by atoms with van der Waals surface area (Å²) in [6.45, 7) is 5.16. The third kappa shape index (κ3) is 7.46. The lowest BCUT2D eigenvalue weighted by Gasteiger charge is -2.31. The molecule has 4 atom stereocenters. The van der Waals surface area contributed by atoms with Gasteiger partial charge in [0.15, 0.2) is 0 Å². The number of H-pyrrole nitrogens is 2. The van der Waals surface area contributed by atoms with Gasteiger partial charge in [0.2, 0.25) is 11.8 Å². The minimum absolute atomic E-state index is 0.0887. The van der Waals surface area contributed by atoms with Crippen LogP contribution in [-0.2, 0) is 27.2 Å². The molecule has 1 aliphatic carbocycles. The molecule has 5 aromatic rings. The van der Waals surface area contributed by atoms with Crippen molar-refractivity contribution in [2.24, 2.45) is 5.92 Å². The summed E-state index contributed by atoms with van der Waals surface area (Å²) in [7, 11) is 5.22. The van der Waals surface area contributed by atoms with Crippen molar-refractivity contribution >= 4 is 17.9 Å². The summed E-state index contributed by atoms with van der Waals surface area (Å²) in [5, 5.41) is 2.72. The number of nitrogens with one attached hydrogen (secondary N) is 3. The number of hydrogen-bond donors (Lipinski definition) is 3. The zero-order valence-electron chi connectivity index (χ0n) is 33.4. The average Bonchev–Trinajstić information content (AvgIpc) is 4.06. The van der Waals surface area contributed by atoms with Crippen molar-refractivity contribution in [3.63, 3.8) is 0 Å². The van der Waals surface area contributed by atoms with Gasteiger partial charge in [-0.3, -0.25) is 14.5 Å². The van der Waals surface area contributed by atoms with E-state index in [-0.39, 0.29) is 35.9 Å². The summed E-state index contributed by atoms with van der Waals surface area (Å²) in [4.78, 5) is 62.1. The second-order valence-electron chi connectivity index (χ2n) is 16.1. The first-order valence-corrected chi connectivity index (χ1v) is 20.1. The molecule has 12 nitrogen and oxygen atoms in total. The molecule has 2 aromatic heterocycles. The molecule has 57 heavy (non-hydrogen) atoms. The van der Waals surface area contributed by atoms with E-state index in [0.29, 0.717) is 6.54 Å². The Morgan fingerprint density at radius 1 is 0.772 bits per heavy atom. The number of aromatic amines is 2. The number of carbonyl (C=O) groups excluding carboxylic acids is 3. The van der Waals surface area contributed by atoms with Crippen LogP contribution in [0.2, 0.25) is 0 Å². The van der Waals surface area contributed by atoms with Gasteiger partial charge in [-0.2, -0.15) is 0 Å². The Morgan fingerprint density at radius 3 is 1.79 bits per heavy atom. The molecule has 0 saturated carbocycles. The first kappa shape index (κ1) is 38.1. The fourth-order valence-electron chi connectivity index (χ4n) is 9.00. The molecule has 3 N–H and O–H groups in total. The highest BCUT2D eigenvalue weighted by molar-refractivity contribution is 5.87. The number of amides is 3. The second kappa shape index (κ2) is 16.0. The van der Waals surface area contributed by atoms with E-state index in [1.807, 2.05) is 85.4 Å². The molecule has 0 spiro atoms. The molecule has 2 saturated heterocycles. The molecule has 0 bridgehead atoms. The van der Waals surface area contributed by atoms with Crippen LogP contribution in [0.5, 0.6) is 0 Å². The van der Waals surface area contributed by atoms with Crippen molar-refractivity contribution in [1.29, 1.82) is 0 Å². The van der Waals surface area contributed by atoms with E-state index in [0.717, 1.165) is 84.8 Å². The number of benzene rings is 3. The topological polar surface area (TPSA) is 140 Å². The highest BCUT2D eigenvalue weighted by Crippen LogP contribution is 2.40. The molecule has 3 aromatic carbocycles. The highest BCUT2D eigenvalue weighted by Gasteiger charge is 2.39. The number of aromatic nitrogens is 4. The molecule has 2 fully saturated rings. The van der Waals surface area contributed by atoms with Crippen LogP contribution in [0.3, 0.4) is 0 Å². The molecular formula is C45H52N8O4. The van der Waals surface area contributed by atoms with Crippen molar-refractivity contribution in [3.05, 3.63) is 107 Å². The Morgan fingerprint density at radius 2 is 1.30 bits per heavy atom. The third-order valence-electron chi connectivity index (χ3n) is 11.9. The Bertz CT molecular complexity index is 2260. The number of fused-ring (bicyclic) bond motifs is 3. The molecule has 3 aliphatic rings. The maximum atomic E-state index is 14.0. The number of methoxy groups -OCH3 is 1. The van der Waals surface area contributed by atoms with E-state index in [1.54, 1.807) is 0 Å². The van der Waals surface area contributed by atoms with Crippen molar-refractivity contribution < 1.29 is 19.1 Å². The van der Waals surface area contributed by atoms with E-state index >= 15 is 0 Å². The van der Waals surface area contributed by atoms with Gasteiger partial charge in [-0.1, -0.05) is 68.4 Å². The van der Waals surface area contributed by atoms with Gasteiger partial charge < -0.3 is 29.8 Å². The van der Waals surface area contributed by atoms with Gasteiger partial charge in [0.1, 0.15) is 23.7 Å². The van der Waals surface area contributed by atoms with Crippen LogP contribution in [0, 0.1) is 5.92 Å². The van der Waals surface area contributed by atoms with Crippen LogP contribution in [0.4, 0.5) is 4.79 Å². The van der Waals surface area contributed by atoms with Gasteiger partial charge in [-0.05, 0) is 110 Å². The molecular weight excluding hydrogens is 717 g/mol. The third-order valence-corrected chi connectivity index (χ3v) is 11.9. The normalized spacial score (nSPS) is 18.7. The lowest BCUT2D eigenvalue weighted by atomic mass is 9.83. The summed E-state index contributed by atoms with van der Waals surface area (Å²) in [6.07, 6.45) is 8.47. The molecule has 296 valence electrons. The summed E-state index contributed by atoms with van der Waals surface area (Å²) in [6, 6.07) is 22.0. The smallest absolute Gasteiger partial charge is 0.407 e. The number of likely N-dealkylation sites (tertiary alicyclic amines) is 2. The predicted molar refractivity (Wildman–Crippen MR) is 219 cm³/mol. The van der Waals surface area contributed by atoms with Crippen molar-refractivity contribution in [2.45, 2.75) is 76.5 Å². The lowest BCUT2D eigenvalue weighted by molar-refractivity contribution is -0.137. The van der Waals surface area contributed by atoms with Crippen molar-refractivity contribution in [1.82, 2.24) is 40.0 Å². The fraction of sp³-hybridized carbons (Fsp3) is 0.400. The summed E-state index contributed by atoms with van der Waals surface area (Å²) >= 11 is 0. The summed E-state index contributed by atoms with van der Waals surface area (Å²) in [5.74, 6) is 1.48. The predicted octanol–water partition coefficient (Wildman–Crippen LogP) is 7.24. The molecule has 0 radical (unpaired) electrons. The molecule has 3 amide bonds. The fourth-order valence-corrected chi connectivity index (χ4v) is 9.00. The maximum absolute atomic E-state index is 14.0. The number of alkyl carbamates (subject to hydrolysis) is 1. The molecule has 2 aliphatic heterocycles. The number of carbonyl (C=O) groups is 3. The average molecular weight is 769 g/mol. The van der Waals surface area contributed by atoms with E-state index in [2.05, 4.69) is 51.7 Å². The first-order chi connectivity index (χ1) is 27.6.